The second-order valence-electron chi connectivity index (χ2n) is 23.6. The lowest BCUT2D eigenvalue weighted by Gasteiger charge is -2.31. The number of hydrogen-bond donors (Lipinski definition) is 20. The van der Waals surface area contributed by atoms with E-state index in [-0.39, 0.29) is 156 Å². The molecule has 2 saturated carbocycles. The SMILES string of the molecule is NCCCC[C@H](NC(=O)[C@H](CCCN=C(N)N)NC(=O)[C@H](CCCN=C(N)N)NC(=O)[C@H](Cc1ccc(O)cc1)NC(=O)[C@H](CCCCNC(=O)C1CCC(NC(=O)C2CCC(N)CC2)CC1)NC(=O)[C@H](CCCCN)NC(=O)[C@@H](N)CCCN=C(N)N)C(N)=O. The van der Waals surface area contributed by atoms with Gasteiger partial charge in [-0.1, -0.05) is 12.1 Å². The van der Waals surface area contributed by atoms with Gasteiger partial charge in [0.05, 0.1) is 6.04 Å². The third kappa shape index (κ3) is 31.5. The number of carbonyl (C=O) groups excluding carboxylic acids is 9. The van der Waals surface area contributed by atoms with Gasteiger partial charge in [-0.05, 0) is 178 Å². The summed E-state index contributed by atoms with van der Waals surface area (Å²) in [4.78, 5) is 137. The summed E-state index contributed by atoms with van der Waals surface area (Å²) in [6.45, 7) is 1.14. The number of phenols is 1. The summed E-state index contributed by atoms with van der Waals surface area (Å²) in [5.74, 6) is -6.61. The van der Waals surface area contributed by atoms with Gasteiger partial charge in [-0.2, -0.15) is 0 Å². The highest BCUT2D eigenvalue weighted by Crippen LogP contribution is 2.27. The first-order valence-corrected chi connectivity index (χ1v) is 32.0. The molecule has 91 heavy (non-hydrogen) atoms. The molecule has 1 aromatic carbocycles. The molecule has 0 heterocycles. The molecule has 0 saturated heterocycles. The van der Waals surface area contributed by atoms with Crippen LogP contribution in [0.25, 0.3) is 0 Å². The third-order valence-corrected chi connectivity index (χ3v) is 16.1. The fourth-order valence-electron chi connectivity index (χ4n) is 10.8. The molecular formula is C59H106N22O10. The minimum atomic E-state index is -1.49. The molecule has 2 fully saturated rings. The molecule has 2 aliphatic carbocycles. The molecule has 0 aromatic heterocycles. The van der Waals surface area contributed by atoms with Gasteiger partial charge in [-0.3, -0.25) is 58.1 Å². The van der Waals surface area contributed by atoms with Crippen LogP contribution in [0.4, 0.5) is 0 Å². The minimum Gasteiger partial charge on any atom is -0.508 e. The number of rotatable bonds is 43. The molecule has 9 amide bonds. The van der Waals surface area contributed by atoms with Gasteiger partial charge >= 0.3 is 0 Å². The summed E-state index contributed by atoms with van der Waals surface area (Å²) in [6.07, 6.45) is 8.87. The number of nitrogens with zero attached hydrogens (tertiary/aromatic N) is 3. The topological polar surface area (TPSA) is 593 Å². The van der Waals surface area contributed by atoms with Gasteiger partial charge in [0.2, 0.25) is 53.2 Å². The van der Waals surface area contributed by atoms with Gasteiger partial charge in [0, 0.05) is 56.5 Å². The molecular weight excluding hydrogens is 1180 g/mol. The lowest BCUT2D eigenvalue weighted by Crippen LogP contribution is -2.60. The van der Waals surface area contributed by atoms with Gasteiger partial charge in [-0.25, -0.2) is 0 Å². The second-order valence-corrected chi connectivity index (χ2v) is 23.6. The second kappa shape index (κ2) is 42.8. The van der Waals surface area contributed by atoms with E-state index in [4.69, 9.17) is 63.1 Å². The Balaban J connectivity index is 1.95. The molecule has 3 rings (SSSR count). The smallest absolute Gasteiger partial charge is 0.243 e. The van der Waals surface area contributed by atoms with Crippen molar-refractivity contribution in [2.24, 2.45) is 89.9 Å². The Morgan fingerprint density at radius 3 is 1.27 bits per heavy atom. The Labute approximate surface area is 533 Å². The summed E-state index contributed by atoms with van der Waals surface area (Å²) in [5, 5.41) is 32.7. The normalized spacial score (nSPS) is 18.5. The monoisotopic (exact) mass is 1280 g/mol. The number of nitrogens with two attached hydrogens (primary N) is 11. The van der Waals surface area contributed by atoms with Gasteiger partial charge in [0.15, 0.2) is 17.9 Å². The zero-order valence-corrected chi connectivity index (χ0v) is 52.7. The van der Waals surface area contributed by atoms with Gasteiger partial charge < -0.3 is 111 Å². The van der Waals surface area contributed by atoms with Crippen LogP contribution in [0.3, 0.4) is 0 Å². The van der Waals surface area contributed by atoms with Crippen LogP contribution in [-0.2, 0) is 49.6 Å². The number of aromatic hydroxyl groups is 1. The van der Waals surface area contributed by atoms with Crippen LogP contribution in [0, 0.1) is 11.8 Å². The maximum Gasteiger partial charge on any atom is 0.243 e. The Morgan fingerprint density at radius 1 is 0.451 bits per heavy atom. The number of nitrogens with one attached hydrogen (secondary N) is 8. The van der Waals surface area contributed by atoms with E-state index in [1.165, 1.54) is 24.3 Å². The predicted molar refractivity (Wildman–Crippen MR) is 347 cm³/mol. The molecule has 0 spiro atoms. The molecule has 2 aliphatic rings. The molecule has 512 valence electrons. The van der Waals surface area contributed by atoms with Crippen molar-refractivity contribution in [3.8, 4) is 5.75 Å². The molecule has 0 bridgehead atoms. The summed E-state index contributed by atoms with van der Waals surface area (Å²) in [5.41, 5.74) is 63.0. The highest BCUT2D eigenvalue weighted by atomic mass is 16.3. The zero-order valence-electron chi connectivity index (χ0n) is 52.7. The van der Waals surface area contributed by atoms with E-state index in [0.29, 0.717) is 76.3 Å². The summed E-state index contributed by atoms with van der Waals surface area (Å²) in [6, 6.07) is -3.06. The maximum absolute atomic E-state index is 14.9. The lowest BCUT2D eigenvalue weighted by atomic mass is 9.83. The summed E-state index contributed by atoms with van der Waals surface area (Å²) >= 11 is 0. The van der Waals surface area contributed by atoms with Crippen molar-refractivity contribution in [3.63, 3.8) is 0 Å². The molecule has 0 aliphatic heterocycles. The maximum atomic E-state index is 14.9. The van der Waals surface area contributed by atoms with Crippen LogP contribution in [0.5, 0.6) is 5.75 Å². The van der Waals surface area contributed by atoms with Crippen LogP contribution in [0.15, 0.2) is 39.2 Å². The average molecular weight is 1280 g/mol. The predicted octanol–water partition coefficient (Wildman–Crippen LogP) is -4.45. The quantitative estimate of drug-likeness (QED) is 0.0167. The number of aliphatic imine (C=N–C) groups is 3. The van der Waals surface area contributed by atoms with Gasteiger partial charge in [0.25, 0.3) is 0 Å². The Morgan fingerprint density at radius 2 is 0.824 bits per heavy atom. The number of hydrogen-bond acceptors (Lipinski definition) is 17. The number of primary amides is 1. The van der Waals surface area contributed by atoms with Crippen LogP contribution in [0.2, 0.25) is 0 Å². The van der Waals surface area contributed by atoms with E-state index >= 15 is 0 Å². The van der Waals surface area contributed by atoms with E-state index in [9.17, 15) is 48.3 Å². The van der Waals surface area contributed by atoms with E-state index in [2.05, 4.69) is 57.5 Å². The first kappa shape index (κ1) is 77.1. The van der Waals surface area contributed by atoms with Crippen molar-refractivity contribution in [1.82, 2.24) is 42.5 Å². The number of benzene rings is 1. The van der Waals surface area contributed by atoms with Crippen molar-refractivity contribution in [2.45, 2.75) is 208 Å². The number of phenolic OH excluding ortho intramolecular Hbond substituents is 1. The zero-order chi connectivity index (χ0) is 67.3. The number of guanidine groups is 3. The molecule has 32 nitrogen and oxygen atoms in total. The molecule has 0 radical (unpaired) electrons. The minimum absolute atomic E-state index is 0.0181. The highest BCUT2D eigenvalue weighted by molar-refractivity contribution is 5.97. The Hall–Kier alpha value is -8.10. The highest BCUT2D eigenvalue weighted by Gasteiger charge is 2.35. The number of amides is 9. The number of unbranched alkanes of at least 4 members (excludes halogenated alkanes) is 3. The van der Waals surface area contributed by atoms with E-state index in [0.717, 1.165) is 25.7 Å². The first-order chi connectivity index (χ1) is 43.4. The van der Waals surface area contributed by atoms with Crippen molar-refractivity contribution >= 4 is 71.0 Å². The third-order valence-electron chi connectivity index (χ3n) is 16.1. The number of carbonyl (C=O) groups is 9. The fourth-order valence-corrected chi connectivity index (χ4v) is 10.8. The molecule has 31 N–H and O–H groups in total. The van der Waals surface area contributed by atoms with Crippen LogP contribution >= 0.6 is 0 Å². The van der Waals surface area contributed by atoms with E-state index < -0.39 is 83.6 Å². The van der Waals surface area contributed by atoms with Gasteiger partial charge in [0.1, 0.15) is 42.0 Å². The van der Waals surface area contributed by atoms with Crippen molar-refractivity contribution in [2.75, 3.05) is 39.3 Å². The molecule has 1 aromatic rings. The summed E-state index contributed by atoms with van der Waals surface area (Å²) < 4.78 is 0. The lowest BCUT2D eigenvalue weighted by molar-refractivity contribution is -0.135. The first-order valence-electron chi connectivity index (χ1n) is 32.0. The standard InChI is InChI=1S/C59H106N22O10/c60-28-4-1-11-42(48(64)83)76-52(87)45(14-8-32-73-58(67)68)79-54(89)46(15-9-33-74-59(69)70)80-56(91)47(34-35-16-26-40(82)27-17-35)81-55(90)44(78-53(88)43(12-2-5-29-61)77-51(86)41(63)10-7-31-72-57(65)66)13-3-6-30-71-49(84)36-20-24-39(25-21-36)75-50(85)37-18-22-38(62)23-19-37/h16-17,26-27,36-39,41-47,82H,1-15,18-25,28-34,60-63H2,(H2,64,83)(H,71,84)(H,75,85)(H,76,87)(H,77,86)(H,78,88)(H,79,89)(H,80,91)(H,81,90)(H4,65,66,72)(H4,67,68,73)(H4,69,70,74)/t36?,37?,38?,39?,41-,42-,43-,44-,45-,46-,47-/m0/s1. The Kier molecular flexibility index (Phi) is 36.3. The van der Waals surface area contributed by atoms with E-state index in [1.807, 2.05) is 0 Å². The molecule has 7 atom stereocenters. The van der Waals surface area contributed by atoms with E-state index in [1.54, 1.807) is 0 Å². The fraction of sp³-hybridized carbons (Fsp3) is 0.695. The van der Waals surface area contributed by atoms with Crippen molar-refractivity contribution in [3.05, 3.63) is 29.8 Å². The van der Waals surface area contributed by atoms with Crippen LogP contribution < -0.4 is 106 Å². The largest absolute Gasteiger partial charge is 0.508 e. The average Bonchev–Trinajstić information content (AvgIpc) is 1.30. The molecule has 32 heteroatoms. The van der Waals surface area contributed by atoms with Crippen molar-refractivity contribution < 1.29 is 48.3 Å². The van der Waals surface area contributed by atoms with Crippen LogP contribution in [-0.4, -0.2) is 170 Å². The van der Waals surface area contributed by atoms with Crippen molar-refractivity contribution in [1.29, 1.82) is 0 Å². The Bertz CT molecular complexity index is 2530. The van der Waals surface area contributed by atoms with Crippen LogP contribution in [0.1, 0.15) is 153 Å². The van der Waals surface area contributed by atoms with Gasteiger partial charge in [-0.15, -0.1) is 0 Å². The summed E-state index contributed by atoms with van der Waals surface area (Å²) in [7, 11) is 0. The molecule has 0 unspecified atom stereocenters.